The molecule has 0 saturated carbocycles. The zero-order valence-electron chi connectivity index (χ0n) is 12.6. The molecule has 0 aromatic carbocycles. The molecule has 0 aliphatic carbocycles. The molecule has 0 aromatic rings. The average Bonchev–Trinajstić information content (AvgIpc) is 2.35. The molecule has 1 unspecified atom stereocenters. The largest absolute Gasteiger partial charge is 0.458 e. The summed E-state index contributed by atoms with van der Waals surface area (Å²) in [5.41, 5.74) is 0. The number of carbonyl (C=O) groups is 1. The van der Waals surface area contributed by atoms with Crippen LogP contribution in [0.2, 0.25) is 0 Å². The van der Waals surface area contributed by atoms with Gasteiger partial charge in [0, 0.05) is 6.08 Å². The number of ether oxygens (including phenoxy) is 1. The van der Waals surface area contributed by atoms with Crippen LogP contribution in [-0.2, 0) is 9.53 Å². The second kappa shape index (κ2) is 11.8. The van der Waals surface area contributed by atoms with E-state index >= 15 is 0 Å². The Labute approximate surface area is 118 Å². The molecule has 108 valence electrons. The van der Waals surface area contributed by atoms with Crippen LogP contribution in [0.3, 0.4) is 0 Å². The van der Waals surface area contributed by atoms with E-state index in [9.17, 15) is 4.79 Å². The second-order valence-electron chi connectivity index (χ2n) is 5.37. The van der Waals surface area contributed by atoms with Crippen LogP contribution in [-0.4, -0.2) is 12.6 Å². The van der Waals surface area contributed by atoms with Gasteiger partial charge in [0.1, 0.15) is 6.61 Å². The van der Waals surface area contributed by atoms with E-state index in [0.29, 0.717) is 5.92 Å². The average molecular weight is 264 g/mol. The predicted molar refractivity (Wildman–Crippen MR) is 81.9 cm³/mol. The Morgan fingerprint density at radius 2 is 1.95 bits per heavy atom. The molecule has 1 atom stereocenters. The van der Waals surface area contributed by atoms with Gasteiger partial charge in [-0.15, -0.1) is 0 Å². The van der Waals surface area contributed by atoms with Crippen LogP contribution in [0.5, 0.6) is 0 Å². The second-order valence-corrected chi connectivity index (χ2v) is 5.37. The van der Waals surface area contributed by atoms with Crippen LogP contribution in [0.25, 0.3) is 0 Å². The van der Waals surface area contributed by atoms with Crippen molar-refractivity contribution in [2.75, 3.05) is 6.61 Å². The molecular formula is C17H28O2. The Bertz CT molecular complexity index is 300. The molecule has 0 aliphatic heterocycles. The maximum absolute atomic E-state index is 11.1. The Morgan fingerprint density at radius 3 is 2.58 bits per heavy atom. The van der Waals surface area contributed by atoms with E-state index in [-0.39, 0.29) is 12.6 Å². The van der Waals surface area contributed by atoms with Gasteiger partial charge in [0.2, 0.25) is 0 Å². The van der Waals surface area contributed by atoms with Crippen molar-refractivity contribution >= 4 is 5.97 Å². The lowest BCUT2D eigenvalue weighted by Gasteiger charge is -2.09. The summed E-state index contributed by atoms with van der Waals surface area (Å²) in [6.45, 7) is 10.5. The molecule has 0 spiro atoms. The first-order valence-electron chi connectivity index (χ1n) is 7.17. The van der Waals surface area contributed by atoms with Gasteiger partial charge in [-0.05, 0) is 18.3 Å². The molecule has 2 heteroatoms. The van der Waals surface area contributed by atoms with Gasteiger partial charge in [-0.25, -0.2) is 4.79 Å². The highest BCUT2D eigenvalue weighted by Gasteiger charge is 2.00. The molecule has 0 heterocycles. The van der Waals surface area contributed by atoms with Gasteiger partial charge in [0.05, 0.1) is 0 Å². The van der Waals surface area contributed by atoms with Crippen LogP contribution in [0, 0.1) is 11.8 Å². The predicted octanol–water partition coefficient (Wildman–Crippen LogP) is 4.68. The minimum Gasteiger partial charge on any atom is -0.458 e. The van der Waals surface area contributed by atoms with Crippen LogP contribution in [0.4, 0.5) is 0 Å². The van der Waals surface area contributed by atoms with Crippen molar-refractivity contribution in [2.24, 2.45) is 11.8 Å². The van der Waals surface area contributed by atoms with E-state index in [1.165, 1.54) is 25.3 Å². The van der Waals surface area contributed by atoms with Crippen molar-refractivity contribution in [1.82, 2.24) is 0 Å². The molecule has 0 aliphatic rings. The van der Waals surface area contributed by atoms with Crippen LogP contribution >= 0.6 is 0 Å². The third-order valence-corrected chi connectivity index (χ3v) is 2.84. The first-order valence-corrected chi connectivity index (χ1v) is 7.17. The first-order chi connectivity index (χ1) is 9.06. The van der Waals surface area contributed by atoms with Gasteiger partial charge in [-0.1, -0.05) is 70.9 Å². The zero-order valence-corrected chi connectivity index (χ0v) is 12.6. The maximum atomic E-state index is 11.1. The highest BCUT2D eigenvalue weighted by molar-refractivity contribution is 5.82. The van der Waals surface area contributed by atoms with E-state index < -0.39 is 0 Å². The Hall–Kier alpha value is -1.31. The summed E-state index contributed by atoms with van der Waals surface area (Å²) >= 11 is 0. The SMILES string of the molecule is C=CCOC(=O)C=CC=CCC(C)CCCC(C)C. The fourth-order valence-corrected chi connectivity index (χ4v) is 1.71. The molecule has 0 N–H and O–H groups in total. The quantitative estimate of drug-likeness (QED) is 0.248. The van der Waals surface area contributed by atoms with Crippen molar-refractivity contribution in [1.29, 1.82) is 0 Å². The molecule has 0 saturated heterocycles. The normalized spacial score (nSPS) is 13.3. The van der Waals surface area contributed by atoms with Crippen molar-refractivity contribution < 1.29 is 9.53 Å². The lowest BCUT2D eigenvalue weighted by Crippen LogP contribution is -1.99. The molecule has 0 bridgehead atoms. The lowest BCUT2D eigenvalue weighted by atomic mass is 9.97. The van der Waals surface area contributed by atoms with Gasteiger partial charge >= 0.3 is 5.97 Å². The van der Waals surface area contributed by atoms with Gasteiger partial charge in [0.15, 0.2) is 0 Å². The molecule has 0 radical (unpaired) electrons. The van der Waals surface area contributed by atoms with Gasteiger partial charge in [0.25, 0.3) is 0 Å². The summed E-state index contributed by atoms with van der Waals surface area (Å²) in [5, 5.41) is 0. The van der Waals surface area contributed by atoms with Gasteiger partial charge in [-0.3, -0.25) is 0 Å². The molecule has 0 aromatic heterocycles. The minimum atomic E-state index is -0.325. The highest BCUT2D eigenvalue weighted by Crippen LogP contribution is 2.15. The Morgan fingerprint density at radius 1 is 1.21 bits per heavy atom. The topological polar surface area (TPSA) is 26.3 Å². The fourth-order valence-electron chi connectivity index (χ4n) is 1.71. The first kappa shape index (κ1) is 17.7. The molecule has 0 fully saturated rings. The number of esters is 1. The summed E-state index contributed by atoms with van der Waals surface area (Å²) in [5.74, 6) is 1.18. The Balaban J connectivity index is 3.68. The van der Waals surface area contributed by atoms with E-state index in [1.807, 2.05) is 6.08 Å². The van der Waals surface area contributed by atoms with Crippen molar-refractivity contribution in [2.45, 2.75) is 46.5 Å². The summed E-state index contributed by atoms with van der Waals surface area (Å²) < 4.78 is 4.82. The standard InChI is InChI=1S/C17H28O2/c1-5-14-19-17(18)13-8-6-7-11-16(4)12-9-10-15(2)3/h5-8,13,15-16H,1,9-12,14H2,2-4H3. The lowest BCUT2D eigenvalue weighted by molar-refractivity contribution is -0.136. The van der Waals surface area contributed by atoms with Gasteiger partial charge in [-0.2, -0.15) is 0 Å². The van der Waals surface area contributed by atoms with E-state index in [4.69, 9.17) is 4.74 Å². The molecule has 19 heavy (non-hydrogen) atoms. The van der Waals surface area contributed by atoms with Crippen LogP contribution < -0.4 is 0 Å². The van der Waals surface area contributed by atoms with E-state index in [1.54, 1.807) is 12.2 Å². The van der Waals surface area contributed by atoms with Crippen LogP contribution in [0.1, 0.15) is 46.5 Å². The van der Waals surface area contributed by atoms with Crippen molar-refractivity contribution in [3.05, 3.63) is 37.0 Å². The summed E-state index contributed by atoms with van der Waals surface area (Å²) in [4.78, 5) is 11.1. The third-order valence-electron chi connectivity index (χ3n) is 2.84. The van der Waals surface area contributed by atoms with Gasteiger partial charge < -0.3 is 4.74 Å². The molecule has 0 rings (SSSR count). The highest BCUT2D eigenvalue weighted by atomic mass is 16.5. The number of rotatable bonds is 10. The summed E-state index contributed by atoms with van der Waals surface area (Å²) in [6, 6.07) is 0. The zero-order chi connectivity index (χ0) is 14.5. The Kier molecular flexibility index (Phi) is 11.0. The van der Waals surface area contributed by atoms with Crippen molar-refractivity contribution in [3.63, 3.8) is 0 Å². The molecule has 2 nitrogen and oxygen atoms in total. The molecular weight excluding hydrogens is 236 g/mol. The van der Waals surface area contributed by atoms with E-state index in [2.05, 4.69) is 33.4 Å². The number of hydrogen-bond acceptors (Lipinski definition) is 2. The smallest absolute Gasteiger partial charge is 0.331 e. The summed E-state index contributed by atoms with van der Waals surface area (Å²) in [6.07, 6.45) is 13.7. The minimum absolute atomic E-state index is 0.264. The van der Waals surface area contributed by atoms with Crippen molar-refractivity contribution in [3.8, 4) is 0 Å². The summed E-state index contributed by atoms with van der Waals surface area (Å²) in [7, 11) is 0. The molecule has 0 amide bonds. The number of hydrogen-bond donors (Lipinski definition) is 0. The van der Waals surface area contributed by atoms with Crippen LogP contribution in [0.15, 0.2) is 37.0 Å². The maximum Gasteiger partial charge on any atom is 0.331 e. The third kappa shape index (κ3) is 12.9. The monoisotopic (exact) mass is 264 g/mol. The fraction of sp³-hybridized carbons (Fsp3) is 0.588. The van der Waals surface area contributed by atoms with E-state index in [0.717, 1.165) is 12.3 Å². The number of carbonyl (C=O) groups excluding carboxylic acids is 1. The number of allylic oxidation sites excluding steroid dienone is 3.